The van der Waals surface area contributed by atoms with E-state index in [2.05, 4.69) is 27.1 Å². The molecular weight excluding hydrogens is 198 g/mol. The van der Waals surface area contributed by atoms with Crippen LogP contribution in [-0.2, 0) is 0 Å². The van der Waals surface area contributed by atoms with Gasteiger partial charge >= 0.3 is 0 Å². The molecule has 14 heavy (non-hydrogen) atoms. The van der Waals surface area contributed by atoms with Crippen molar-refractivity contribution in [3.63, 3.8) is 0 Å². The van der Waals surface area contributed by atoms with Crippen LogP contribution in [0, 0.1) is 18.8 Å². The number of rotatable bonds is 3. The zero-order valence-corrected chi connectivity index (χ0v) is 9.02. The van der Waals surface area contributed by atoms with E-state index in [9.17, 15) is 0 Å². The van der Waals surface area contributed by atoms with E-state index in [0.29, 0.717) is 11.0 Å². The molecular formula is C10H12ClN3. The molecule has 0 atom stereocenters. The van der Waals surface area contributed by atoms with Gasteiger partial charge < -0.3 is 5.32 Å². The van der Waals surface area contributed by atoms with Gasteiger partial charge in [0.1, 0.15) is 16.8 Å². The molecule has 0 fully saturated rings. The maximum absolute atomic E-state index is 5.77. The number of aryl methyl sites for hydroxylation is 1. The van der Waals surface area contributed by atoms with Crippen LogP contribution in [0.1, 0.15) is 19.2 Å². The Bertz CT molecular complexity index is 345. The van der Waals surface area contributed by atoms with Gasteiger partial charge in [0.25, 0.3) is 0 Å². The van der Waals surface area contributed by atoms with Crippen molar-refractivity contribution < 1.29 is 0 Å². The second-order valence-electron chi connectivity index (χ2n) is 2.73. The Labute approximate surface area is 88.9 Å². The van der Waals surface area contributed by atoms with Gasteiger partial charge in [-0.3, -0.25) is 0 Å². The van der Waals surface area contributed by atoms with Crippen molar-refractivity contribution in [2.45, 2.75) is 20.3 Å². The second kappa shape index (κ2) is 5.46. The van der Waals surface area contributed by atoms with Crippen LogP contribution >= 0.6 is 11.6 Å². The molecule has 74 valence electrons. The minimum atomic E-state index is 0.460. The largest absolute Gasteiger partial charge is 0.369 e. The van der Waals surface area contributed by atoms with Gasteiger partial charge in [-0.2, -0.15) is 0 Å². The lowest BCUT2D eigenvalue weighted by atomic mass is 10.4. The van der Waals surface area contributed by atoms with Crippen molar-refractivity contribution in [3.05, 3.63) is 17.0 Å². The monoisotopic (exact) mass is 209 g/mol. The Hall–Kier alpha value is -1.27. The summed E-state index contributed by atoms with van der Waals surface area (Å²) in [5.74, 6) is 7.21. The highest BCUT2D eigenvalue weighted by molar-refractivity contribution is 6.29. The lowest BCUT2D eigenvalue weighted by Crippen LogP contribution is -2.04. The van der Waals surface area contributed by atoms with Crippen molar-refractivity contribution in [3.8, 4) is 11.8 Å². The van der Waals surface area contributed by atoms with Crippen LogP contribution in [0.15, 0.2) is 6.07 Å². The normalized spacial score (nSPS) is 9.07. The third-order valence-corrected chi connectivity index (χ3v) is 1.73. The van der Waals surface area contributed by atoms with Gasteiger partial charge in [-0.05, 0) is 13.8 Å². The van der Waals surface area contributed by atoms with E-state index in [4.69, 9.17) is 11.6 Å². The van der Waals surface area contributed by atoms with Crippen molar-refractivity contribution in [2.24, 2.45) is 0 Å². The first-order valence-corrected chi connectivity index (χ1v) is 4.75. The molecule has 1 rings (SSSR count). The number of anilines is 1. The topological polar surface area (TPSA) is 37.8 Å². The van der Waals surface area contributed by atoms with Crippen LogP contribution in [0.5, 0.6) is 0 Å². The van der Waals surface area contributed by atoms with E-state index < -0.39 is 0 Å². The molecule has 0 unspecified atom stereocenters. The summed E-state index contributed by atoms with van der Waals surface area (Å²) in [5.41, 5.74) is 0. The fraction of sp³-hybridized carbons (Fsp3) is 0.400. The van der Waals surface area contributed by atoms with E-state index >= 15 is 0 Å². The average molecular weight is 210 g/mol. The summed E-state index contributed by atoms with van der Waals surface area (Å²) in [5, 5.41) is 3.58. The van der Waals surface area contributed by atoms with Gasteiger partial charge in [0.15, 0.2) is 0 Å². The summed E-state index contributed by atoms with van der Waals surface area (Å²) < 4.78 is 0. The molecule has 0 radical (unpaired) electrons. The predicted octanol–water partition coefficient (Wildman–Crippen LogP) is 2.26. The molecule has 0 aromatic carbocycles. The van der Waals surface area contributed by atoms with Gasteiger partial charge in [0.05, 0.1) is 0 Å². The maximum atomic E-state index is 5.77. The summed E-state index contributed by atoms with van der Waals surface area (Å²) in [6.07, 6.45) is 0.803. The summed E-state index contributed by atoms with van der Waals surface area (Å²) in [6, 6.07) is 1.70. The molecule has 1 N–H and O–H groups in total. The molecule has 0 bridgehead atoms. The Morgan fingerprint density at radius 1 is 1.50 bits per heavy atom. The maximum Gasteiger partial charge on any atom is 0.134 e. The highest BCUT2D eigenvalue weighted by Crippen LogP contribution is 2.10. The molecule has 1 aromatic heterocycles. The molecule has 0 saturated carbocycles. The lowest BCUT2D eigenvalue weighted by Gasteiger charge is -2.03. The number of nitrogens with one attached hydrogen (secondary N) is 1. The van der Waals surface area contributed by atoms with Crippen LogP contribution < -0.4 is 5.32 Å². The minimum absolute atomic E-state index is 0.460. The summed E-state index contributed by atoms with van der Waals surface area (Å²) in [7, 11) is 0. The minimum Gasteiger partial charge on any atom is -0.369 e. The van der Waals surface area contributed by atoms with E-state index in [1.807, 2.05) is 13.8 Å². The van der Waals surface area contributed by atoms with Crippen LogP contribution in [0.25, 0.3) is 0 Å². The van der Waals surface area contributed by atoms with Crippen molar-refractivity contribution >= 4 is 17.4 Å². The Morgan fingerprint density at radius 2 is 2.29 bits per heavy atom. The third-order valence-electron chi connectivity index (χ3n) is 1.54. The van der Waals surface area contributed by atoms with Crippen molar-refractivity contribution in [2.75, 3.05) is 11.9 Å². The first-order valence-electron chi connectivity index (χ1n) is 4.37. The highest BCUT2D eigenvalue weighted by atomic mass is 35.5. The molecule has 3 nitrogen and oxygen atoms in total. The molecule has 4 heteroatoms. The van der Waals surface area contributed by atoms with Crippen LogP contribution in [-0.4, -0.2) is 16.5 Å². The molecule has 0 amide bonds. The standard InChI is InChI=1S/C10H12ClN3/c1-3-4-5-6-12-10-7-9(11)13-8(2)14-10/h7H,5-6H2,1-2H3,(H,12,13,14). The van der Waals surface area contributed by atoms with Crippen LogP contribution in [0.2, 0.25) is 5.15 Å². The Kier molecular flexibility index (Phi) is 4.21. The van der Waals surface area contributed by atoms with Gasteiger partial charge in [-0.1, -0.05) is 11.6 Å². The van der Waals surface area contributed by atoms with Gasteiger partial charge in [0, 0.05) is 19.0 Å². The highest BCUT2D eigenvalue weighted by Gasteiger charge is 1.97. The van der Waals surface area contributed by atoms with E-state index in [1.54, 1.807) is 6.07 Å². The quantitative estimate of drug-likeness (QED) is 0.472. The number of hydrogen-bond acceptors (Lipinski definition) is 3. The van der Waals surface area contributed by atoms with Crippen LogP contribution in [0.4, 0.5) is 5.82 Å². The van der Waals surface area contributed by atoms with Gasteiger partial charge in [0.2, 0.25) is 0 Å². The first kappa shape index (κ1) is 10.8. The van der Waals surface area contributed by atoms with Crippen LogP contribution in [0.3, 0.4) is 0 Å². The molecule has 1 aromatic rings. The number of halogens is 1. The smallest absolute Gasteiger partial charge is 0.134 e. The van der Waals surface area contributed by atoms with E-state index in [1.165, 1.54) is 0 Å². The molecule has 0 aliphatic carbocycles. The Morgan fingerprint density at radius 3 is 2.93 bits per heavy atom. The predicted molar refractivity (Wildman–Crippen MR) is 58.3 cm³/mol. The molecule has 0 aliphatic rings. The molecule has 0 aliphatic heterocycles. The summed E-state index contributed by atoms with van der Waals surface area (Å²) in [6.45, 7) is 4.40. The number of hydrogen-bond donors (Lipinski definition) is 1. The number of aromatic nitrogens is 2. The lowest BCUT2D eigenvalue weighted by molar-refractivity contribution is 1.01. The van der Waals surface area contributed by atoms with Gasteiger partial charge in [-0.15, -0.1) is 11.8 Å². The first-order chi connectivity index (χ1) is 6.72. The summed E-state index contributed by atoms with van der Waals surface area (Å²) in [4.78, 5) is 8.14. The third kappa shape index (κ3) is 3.63. The average Bonchev–Trinajstić information content (AvgIpc) is 2.11. The molecule has 1 heterocycles. The van der Waals surface area contributed by atoms with Crippen molar-refractivity contribution in [1.29, 1.82) is 0 Å². The zero-order chi connectivity index (χ0) is 10.4. The fourth-order valence-corrected chi connectivity index (χ4v) is 1.23. The van der Waals surface area contributed by atoms with E-state index in [-0.39, 0.29) is 0 Å². The second-order valence-corrected chi connectivity index (χ2v) is 3.11. The summed E-state index contributed by atoms with van der Waals surface area (Å²) >= 11 is 5.77. The SMILES string of the molecule is CC#CCCNc1cc(Cl)nc(C)n1. The van der Waals surface area contributed by atoms with E-state index in [0.717, 1.165) is 18.8 Å². The Balaban J connectivity index is 2.53. The van der Waals surface area contributed by atoms with Gasteiger partial charge in [-0.25, -0.2) is 9.97 Å². The zero-order valence-electron chi connectivity index (χ0n) is 8.26. The number of nitrogens with zero attached hydrogens (tertiary/aromatic N) is 2. The molecule has 0 saturated heterocycles. The molecule has 0 spiro atoms. The fourth-order valence-electron chi connectivity index (χ4n) is 1.000. The van der Waals surface area contributed by atoms with Crippen molar-refractivity contribution in [1.82, 2.24) is 9.97 Å².